The van der Waals surface area contributed by atoms with Crippen molar-refractivity contribution in [2.24, 2.45) is 0 Å². The second kappa shape index (κ2) is 9.93. The van der Waals surface area contributed by atoms with Crippen LogP contribution in [0, 0.1) is 5.82 Å². The molecule has 3 rings (SSSR count). The normalized spacial score (nSPS) is 27.0. The Hall–Kier alpha value is -2.90. The van der Waals surface area contributed by atoms with Crippen LogP contribution in [0.4, 0.5) is 4.39 Å². The molecule has 1 aliphatic rings. The Labute approximate surface area is 195 Å². The molecule has 1 aromatic carbocycles. The molecule has 1 unspecified atom stereocenters. The highest BCUT2D eigenvalue weighted by Crippen LogP contribution is 2.40. The maximum atomic E-state index is 13.3. The summed E-state index contributed by atoms with van der Waals surface area (Å²) in [5.74, 6) is -2.63. The first-order valence-corrected chi connectivity index (χ1v) is 10.6. The number of halogens is 2. The summed E-state index contributed by atoms with van der Waals surface area (Å²) in [6.45, 7) is 3.02. The maximum Gasteiger partial charge on any atom is 0.303 e. The average Bonchev–Trinajstić information content (AvgIpc) is 3.23. The molecule has 0 bridgehead atoms. The van der Waals surface area contributed by atoms with Gasteiger partial charge in [-0.2, -0.15) is 0 Å². The number of aliphatic hydroxyl groups is 1. The molecule has 1 fully saturated rings. The molecule has 33 heavy (non-hydrogen) atoms. The van der Waals surface area contributed by atoms with E-state index in [9.17, 15) is 23.9 Å². The quantitative estimate of drug-likeness (QED) is 0.330. The van der Waals surface area contributed by atoms with E-state index in [1.54, 1.807) is 0 Å². The molecule has 13 heteroatoms. The lowest BCUT2D eigenvalue weighted by atomic mass is 9.92. The second-order valence-corrected chi connectivity index (χ2v) is 8.13. The smallest absolute Gasteiger partial charge is 0.303 e. The average molecular weight is 530 g/mol. The van der Waals surface area contributed by atoms with E-state index in [2.05, 4.69) is 26.2 Å². The monoisotopic (exact) mass is 529 g/mol. The van der Waals surface area contributed by atoms with Gasteiger partial charge in [-0.05, 0) is 24.3 Å². The van der Waals surface area contributed by atoms with E-state index in [0.29, 0.717) is 5.56 Å². The summed E-state index contributed by atoms with van der Waals surface area (Å²) in [7, 11) is 0. The van der Waals surface area contributed by atoms with Gasteiger partial charge in [0.1, 0.15) is 24.2 Å². The van der Waals surface area contributed by atoms with Gasteiger partial charge in [-0.25, -0.2) is 9.07 Å². The Kier molecular flexibility index (Phi) is 7.44. The summed E-state index contributed by atoms with van der Waals surface area (Å²) >= 11 is 3.21. The van der Waals surface area contributed by atoms with E-state index < -0.39 is 52.8 Å². The molecule has 0 radical (unpaired) electrons. The van der Waals surface area contributed by atoms with Crippen LogP contribution in [-0.4, -0.2) is 67.9 Å². The first-order chi connectivity index (χ1) is 15.5. The fraction of sp³-hybridized carbons (Fsp3) is 0.450. The largest absolute Gasteiger partial charge is 0.463 e. The third kappa shape index (κ3) is 5.37. The molecule has 0 amide bonds. The molecule has 2 aromatic rings. The first kappa shape index (κ1) is 24.7. The van der Waals surface area contributed by atoms with E-state index in [1.165, 1.54) is 37.4 Å². The van der Waals surface area contributed by atoms with Gasteiger partial charge in [0.15, 0.2) is 17.2 Å². The summed E-state index contributed by atoms with van der Waals surface area (Å²) < 4.78 is 35.6. The molecule has 5 atom stereocenters. The standard InChI is InChI=1S/C20H21BrFN3O8/c1-10(26)30-9-16-17(31-11(2)27)20(29,18(19(21)33-16)32-12(3)28)25-8-15(23-24-25)13-4-6-14(22)7-5-13/h4-8,16-19,29H,9H2,1-3H3/t16-,17+,18+,19?,20+/m1/s1. The molecular weight excluding hydrogens is 509 g/mol. The van der Waals surface area contributed by atoms with Crippen molar-refractivity contribution in [2.75, 3.05) is 6.61 Å². The number of nitrogens with zero attached hydrogens (tertiary/aromatic N) is 3. The molecule has 1 saturated heterocycles. The first-order valence-electron chi connectivity index (χ1n) is 9.70. The van der Waals surface area contributed by atoms with Gasteiger partial charge in [0.25, 0.3) is 0 Å². The zero-order chi connectivity index (χ0) is 24.3. The zero-order valence-corrected chi connectivity index (χ0v) is 19.4. The van der Waals surface area contributed by atoms with Crippen LogP contribution in [-0.2, 0) is 39.1 Å². The van der Waals surface area contributed by atoms with Crippen molar-refractivity contribution in [3.8, 4) is 11.3 Å². The van der Waals surface area contributed by atoms with Crippen molar-refractivity contribution in [1.29, 1.82) is 0 Å². The number of hydrogen-bond acceptors (Lipinski definition) is 10. The van der Waals surface area contributed by atoms with Crippen molar-refractivity contribution < 1.29 is 42.8 Å². The SMILES string of the molecule is CC(=O)OC[C@H]1OC(Br)[C@H](OC(C)=O)[C@](O)(n2cc(-c3ccc(F)cc3)nn2)[C@H]1OC(C)=O. The minimum absolute atomic E-state index is 0.251. The van der Waals surface area contributed by atoms with E-state index >= 15 is 0 Å². The molecular formula is C20H21BrFN3O8. The number of hydrogen-bond donors (Lipinski definition) is 1. The van der Waals surface area contributed by atoms with E-state index in [0.717, 1.165) is 18.5 Å². The number of benzene rings is 1. The van der Waals surface area contributed by atoms with Crippen LogP contribution in [0.25, 0.3) is 11.3 Å². The Morgan fingerprint density at radius 2 is 1.73 bits per heavy atom. The minimum atomic E-state index is -2.33. The summed E-state index contributed by atoms with van der Waals surface area (Å²) in [5, 5.41) is 18.7. The van der Waals surface area contributed by atoms with Crippen molar-refractivity contribution in [3.63, 3.8) is 0 Å². The number of rotatable bonds is 6. The molecule has 2 heterocycles. The Balaban J connectivity index is 2.10. The van der Waals surface area contributed by atoms with Crippen molar-refractivity contribution >= 4 is 33.8 Å². The second-order valence-electron chi connectivity index (χ2n) is 7.23. The van der Waals surface area contributed by atoms with Crippen LogP contribution >= 0.6 is 15.9 Å². The fourth-order valence-electron chi connectivity index (χ4n) is 3.38. The van der Waals surface area contributed by atoms with Gasteiger partial charge in [0.2, 0.25) is 5.72 Å². The van der Waals surface area contributed by atoms with Crippen LogP contribution < -0.4 is 0 Å². The van der Waals surface area contributed by atoms with Gasteiger partial charge >= 0.3 is 17.9 Å². The molecule has 1 N–H and O–H groups in total. The van der Waals surface area contributed by atoms with E-state index in [1.807, 2.05) is 0 Å². The summed E-state index contributed by atoms with van der Waals surface area (Å²) in [5.41, 5.74) is -1.60. The summed E-state index contributed by atoms with van der Waals surface area (Å²) in [6.07, 6.45) is -2.85. The highest BCUT2D eigenvalue weighted by molar-refractivity contribution is 9.09. The molecule has 0 spiro atoms. The molecule has 1 aromatic heterocycles. The maximum absolute atomic E-state index is 13.3. The van der Waals surface area contributed by atoms with Crippen molar-refractivity contribution in [2.45, 2.75) is 49.8 Å². The van der Waals surface area contributed by atoms with Crippen LogP contribution in [0.1, 0.15) is 20.8 Å². The van der Waals surface area contributed by atoms with Crippen LogP contribution in [0.2, 0.25) is 0 Å². The number of esters is 3. The molecule has 0 aliphatic carbocycles. The van der Waals surface area contributed by atoms with Crippen LogP contribution in [0.15, 0.2) is 30.5 Å². The Morgan fingerprint density at radius 1 is 1.12 bits per heavy atom. The predicted molar refractivity (Wildman–Crippen MR) is 111 cm³/mol. The highest BCUT2D eigenvalue weighted by Gasteiger charge is 2.61. The van der Waals surface area contributed by atoms with Crippen molar-refractivity contribution in [3.05, 3.63) is 36.3 Å². The third-order valence-corrected chi connectivity index (χ3v) is 5.45. The third-order valence-electron chi connectivity index (χ3n) is 4.76. The van der Waals surface area contributed by atoms with Gasteiger partial charge < -0.3 is 24.1 Å². The number of alkyl halides is 1. The van der Waals surface area contributed by atoms with Crippen LogP contribution in [0.5, 0.6) is 0 Å². The molecule has 178 valence electrons. The van der Waals surface area contributed by atoms with Crippen molar-refractivity contribution in [1.82, 2.24) is 15.0 Å². The highest BCUT2D eigenvalue weighted by atomic mass is 79.9. The van der Waals surface area contributed by atoms with Gasteiger partial charge in [-0.3, -0.25) is 14.4 Å². The lowest BCUT2D eigenvalue weighted by Crippen LogP contribution is -2.68. The molecule has 1 aliphatic heterocycles. The van der Waals surface area contributed by atoms with Gasteiger partial charge in [-0.1, -0.05) is 21.1 Å². The van der Waals surface area contributed by atoms with Gasteiger partial charge in [-0.15, -0.1) is 5.10 Å². The topological polar surface area (TPSA) is 139 Å². The molecule has 11 nitrogen and oxygen atoms in total. The fourth-order valence-corrected chi connectivity index (χ4v) is 4.15. The minimum Gasteiger partial charge on any atom is -0.463 e. The predicted octanol–water partition coefficient (Wildman–Crippen LogP) is 1.28. The van der Waals surface area contributed by atoms with E-state index in [4.69, 9.17) is 18.9 Å². The number of ether oxygens (including phenoxy) is 4. The van der Waals surface area contributed by atoms with Gasteiger partial charge in [0, 0.05) is 26.3 Å². The van der Waals surface area contributed by atoms with Crippen LogP contribution in [0.3, 0.4) is 0 Å². The number of aromatic nitrogens is 3. The number of carbonyl (C=O) groups excluding carboxylic acids is 3. The lowest BCUT2D eigenvalue weighted by molar-refractivity contribution is -0.301. The van der Waals surface area contributed by atoms with Gasteiger partial charge in [0.05, 0.1) is 6.20 Å². The molecule has 0 saturated carbocycles. The van der Waals surface area contributed by atoms with E-state index in [-0.39, 0.29) is 12.3 Å². The summed E-state index contributed by atoms with van der Waals surface area (Å²) in [6, 6.07) is 5.37. The summed E-state index contributed by atoms with van der Waals surface area (Å²) in [4.78, 5) is 35.0. The Morgan fingerprint density at radius 3 is 2.30 bits per heavy atom. The number of carbonyl (C=O) groups is 3. The lowest BCUT2D eigenvalue weighted by Gasteiger charge is -2.48. The Bertz CT molecular complexity index is 1030. The zero-order valence-electron chi connectivity index (χ0n) is 17.8.